The predicted octanol–water partition coefficient (Wildman–Crippen LogP) is 1.43. The highest BCUT2D eigenvalue weighted by molar-refractivity contribution is 5.69. The van der Waals surface area contributed by atoms with Crippen molar-refractivity contribution < 1.29 is 9.53 Å². The summed E-state index contributed by atoms with van der Waals surface area (Å²) >= 11 is 0. The molecule has 1 aromatic rings. The van der Waals surface area contributed by atoms with Crippen molar-refractivity contribution in [2.24, 2.45) is 0 Å². The van der Waals surface area contributed by atoms with E-state index in [0.717, 1.165) is 17.8 Å². The first-order valence-corrected chi connectivity index (χ1v) is 6.01. The fraction of sp³-hybridized carbons (Fsp3) is 0.667. The molecule has 1 unspecified atom stereocenters. The SMILES string of the molecule is CCNC(C)c1cnn(CC(=O)OCC)c1C. The van der Waals surface area contributed by atoms with E-state index in [-0.39, 0.29) is 18.6 Å². The zero-order valence-electron chi connectivity index (χ0n) is 11.0. The third-order valence-corrected chi connectivity index (χ3v) is 2.70. The van der Waals surface area contributed by atoms with Crippen molar-refractivity contribution in [3.05, 3.63) is 17.5 Å². The molecule has 0 aliphatic heterocycles. The van der Waals surface area contributed by atoms with Crippen LogP contribution in [0.2, 0.25) is 0 Å². The highest BCUT2D eigenvalue weighted by atomic mass is 16.5. The molecule has 0 bridgehead atoms. The fourth-order valence-electron chi connectivity index (χ4n) is 1.79. The molecule has 17 heavy (non-hydrogen) atoms. The van der Waals surface area contributed by atoms with Crippen LogP contribution in [0.15, 0.2) is 6.20 Å². The first-order valence-electron chi connectivity index (χ1n) is 6.01. The Morgan fingerprint density at radius 3 is 2.88 bits per heavy atom. The van der Waals surface area contributed by atoms with Crippen LogP contribution in [0.1, 0.15) is 38.1 Å². The summed E-state index contributed by atoms with van der Waals surface area (Å²) in [4.78, 5) is 11.4. The molecule has 0 saturated heterocycles. The molecule has 0 amide bonds. The molecule has 1 aromatic heterocycles. The minimum absolute atomic E-state index is 0.179. The molecule has 0 fully saturated rings. The maximum atomic E-state index is 11.4. The van der Waals surface area contributed by atoms with Gasteiger partial charge in [-0.15, -0.1) is 0 Å². The summed E-state index contributed by atoms with van der Waals surface area (Å²) < 4.78 is 6.58. The quantitative estimate of drug-likeness (QED) is 0.763. The van der Waals surface area contributed by atoms with Crippen LogP contribution in [0, 0.1) is 6.92 Å². The zero-order chi connectivity index (χ0) is 12.8. The summed E-state index contributed by atoms with van der Waals surface area (Å²) in [6.45, 7) is 9.40. The Kier molecular flexibility index (Phi) is 5.15. The molecule has 1 N–H and O–H groups in total. The summed E-state index contributed by atoms with van der Waals surface area (Å²) in [5, 5.41) is 7.54. The minimum atomic E-state index is -0.249. The van der Waals surface area contributed by atoms with Gasteiger partial charge in [0.05, 0.1) is 12.8 Å². The lowest BCUT2D eigenvalue weighted by molar-refractivity contribution is -0.144. The number of esters is 1. The maximum Gasteiger partial charge on any atom is 0.327 e. The highest BCUT2D eigenvalue weighted by Crippen LogP contribution is 2.16. The largest absolute Gasteiger partial charge is 0.465 e. The van der Waals surface area contributed by atoms with Gasteiger partial charge < -0.3 is 10.1 Å². The van der Waals surface area contributed by atoms with Gasteiger partial charge in [0.2, 0.25) is 0 Å². The second kappa shape index (κ2) is 6.39. The average Bonchev–Trinajstić information content (AvgIpc) is 2.61. The van der Waals surface area contributed by atoms with Crippen molar-refractivity contribution in [2.45, 2.75) is 40.3 Å². The number of carbonyl (C=O) groups excluding carboxylic acids is 1. The number of hydrogen-bond donors (Lipinski definition) is 1. The number of carbonyl (C=O) groups is 1. The van der Waals surface area contributed by atoms with Crippen molar-refractivity contribution in [3.63, 3.8) is 0 Å². The second-order valence-corrected chi connectivity index (χ2v) is 3.93. The third-order valence-electron chi connectivity index (χ3n) is 2.70. The summed E-state index contributed by atoms with van der Waals surface area (Å²) in [7, 11) is 0. The van der Waals surface area contributed by atoms with Crippen molar-refractivity contribution in [1.29, 1.82) is 0 Å². The highest BCUT2D eigenvalue weighted by Gasteiger charge is 2.14. The number of ether oxygens (including phenoxy) is 1. The van der Waals surface area contributed by atoms with Gasteiger partial charge in [0.1, 0.15) is 6.54 Å². The molecule has 0 saturated carbocycles. The first-order chi connectivity index (χ1) is 8.10. The van der Waals surface area contributed by atoms with E-state index < -0.39 is 0 Å². The molecule has 0 aliphatic carbocycles. The van der Waals surface area contributed by atoms with Crippen LogP contribution in [-0.4, -0.2) is 28.9 Å². The van der Waals surface area contributed by atoms with Crippen molar-refractivity contribution in [3.8, 4) is 0 Å². The standard InChI is InChI=1S/C12H21N3O2/c1-5-13-9(3)11-7-14-15(10(11)4)8-12(16)17-6-2/h7,9,13H,5-6,8H2,1-4H3. The van der Waals surface area contributed by atoms with Crippen LogP contribution in [0.5, 0.6) is 0 Å². The summed E-state index contributed by atoms with van der Waals surface area (Å²) in [5.74, 6) is -0.249. The Labute approximate surface area is 102 Å². The molecular weight excluding hydrogens is 218 g/mol. The van der Waals surface area contributed by atoms with Crippen LogP contribution in [0.25, 0.3) is 0 Å². The van der Waals surface area contributed by atoms with Crippen LogP contribution in [0.3, 0.4) is 0 Å². The van der Waals surface area contributed by atoms with Crippen molar-refractivity contribution in [1.82, 2.24) is 15.1 Å². The van der Waals surface area contributed by atoms with Gasteiger partial charge in [-0.1, -0.05) is 6.92 Å². The summed E-state index contributed by atoms with van der Waals surface area (Å²) in [6, 6.07) is 0.246. The molecule has 1 atom stereocenters. The maximum absolute atomic E-state index is 11.4. The van der Waals surface area contributed by atoms with Gasteiger partial charge in [0, 0.05) is 17.3 Å². The van der Waals surface area contributed by atoms with Crippen molar-refractivity contribution in [2.75, 3.05) is 13.2 Å². The number of rotatable bonds is 6. The molecule has 1 rings (SSSR count). The molecular formula is C12H21N3O2. The Bertz CT molecular complexity index is 374. The predicted molar refractivity (Wildman–Crippen MR) is 65.7 cm³/mol. The van der Waals surface area contributed by atoms with Crippen LogP contribution in [0.4, 0.5) is 0 Å². The van der Waals surface area contributed by atoms with E-state index in [2.05, 4.69) is 24.3 Å². The summed E-state index contributed by atoms with van der Waals surface area (Å²) in [5.41, 5.74) is 2.13. The molecule has 0 radical (unpaired) electrons. The van der Waals surface area contributed by atoms with Crippen LogP contribution >= 0.6 is 0 Å². The smallest absolute Gasteiger partial charge is 0.327 e. The number of hydrogen-bond acceptors (Lipinski definition) is 4. The Hall–Kier alpha value is -1.36. The zero-order valence-corrected chi connectivity index (χ0v) is 11.0. The molecule has 1 heterocycles. The van der Waals surface area contributed by atoms with E-state index in [1.165, 1.54) is 0 Å². The van der Waals surface area contributed by atoms with E-state index in [9.17, 15) is 4.79 Å². The van der Waals surface area contributed by atoms with Crippen molar-refractivity contribution >= 4 is 5.97 Å². The van der Waals surface area contributed by atoms with Crippen LogP contribution < -0.4 is 5.32 Å². The Morgan fingerprint density at radius 2 is 2.29 bits per heavy atom. The molecule has 0 aliphatic rings. The Morgan fingerprint density at radius 1 is 1.59 bits per heavy atom. The normalized spacial score (nSPS) is 12.5. The molecule has 0 spiro atoms. The topological polar surface area (TPSA) is 56.2 Å². The third kappa shape index (κ3) is 3.56. The first kappa shape index (κ1) is 13.7. The van der Waals surface area contributed by atoms with Gasteiger partial charge in [0.15, 0.2) is 0 Å². The second-order valence-electron chi connectivity index (χ2n) is 3.93. The van der Waals surface area contributed by atoms with Gasteiger partial charge >= 0.3 is 5.97 Å². The van der Waals surface area contributed by atoms with Gasteiger partial charge in [0.25, 0.3) is 0 Å². The fourth-order valence-corrected chi connectivity index (χ4v) is 1.79. The lowest BCUT2D eigenvalue weighted by atomic mass is 10.1. The number of nitrogens with one attached hydrogen (secondary N) is 1. The lowest BCUT2D eigenvalue weighted by Gasteiger charge is -2.12. The van der Waals surface area contributed by atoms with Crippen LogP contribution in [-0.2, 0) is 16.1 Å². The van der Waals surface area contributed by atoms with Gasteiger partial charge in [-0.3, -0.25) is 9.48 Å². The van der Waals surface area contributed by atoms with E-state index in [0.29, 0.717) is 6.61 Å². The monoisotopic (exact) mass is 239 g/mol. The Balaban J connectivity index is 2.73. The summed E-state index contributed by atoms with van der Waals surface area (Å²) in [6.07, 6.45) is 1.81. The average molecular weight is 239 g/mol. The van der Waals surface area contributed by atoms with E-state index in [1.807, 2.05) is 13.1 Å². The molecule has 5 nitrogen and oxygen atoms in total. The van der Waals surface area contributed by atoms with Gasteiger partial charge in [-0.25, -0.2) is 0 Å². The van der Waals surface area contributed by atoms with E-state index >= 15 is 0 Å². The molecule has 5 heteroatoms. The van der Waals surface area contributed by atoms with Gasteiger partial charge in [-0.05, 0) is 27.3 Å². The van der Waals surface area contributed by atoms with Gasteiger partial charge in [-0.2, -0.15) is 5.10 Å². The molecule has 96 valence electrons. The number of aromatic nitrogens is 2. The lowest BCUT2D eigenvalue weighted by Crippen LogP contribution is -2.19. The molecule has 0 aromatic carbocycles. The number of nitrogens with zero attached hydrogens (tertiary/aromatic N) is 2. The van der Waals surface area contributed by atoms with E-state index in [4.69, 9.17) is 4.74 Å². The minimum Gasteiger partial charge on any atom is -0.465 e. The van der Waals surface area contributed by atoms with E-state index in [1.54, 1.807) is 11.6 Å².